The van der Waals surface area contributed by atoms with E-state index in [1.54, 1.807) is 0 Å². The summed E-state index contributed by atoms with van der Waals surface area (Å²) in [6.07, 6.45) is 0. The molecular weight excluding hydrogens is 346 g/mol. The van der Waals surface area contributed by atoms with Gasteiger partial charge in [0.1, 0.15) is 11.6 Å². The normalized spacial score (nSPS) is 8.65. The van der Waals surface area contributed by atoms with Crippen LogP contribution in [0.1, 0.15) is 28.1 Å². The summed E-state index contributed by atoms with van der Waals surface area (Å²) in [6, 6.07) is 6.34. The first kappa shape index (κ1) is 22.2. The minimum atomic E-state index is -1.24. The van der Waals surface area contributed by atoms with Crippen molar-refractivity contribution in [2.75, 3.05) is 7.11 Å². The molecule has 0 fully saturated rings. The number of benzene rings is 2. The van der Waals surface area contributed by atoms with E-state index in [1.165, 1.54) is 13.2 Å². The lowest BCUT2D eigenvalue weighted by molar-refractivity contribution is 0.0599. The highest BCUT2D eigenvalue weighted by Gasteiger charge is 2.08. The van der Waals surface area contributed by atoms with E-state index in [2.05, 4.69) is 14.4 Å². The van der Waals surface area contributed by atoms with E-state index in [0.717, 1.165) is 30.3 Å². The molecule has 1 N–H and O–H groups in total. The van der Waals surface area contributed by atoms with Gasteiger partial charge in [-0.15, -0.1) is 0 Å². The third-order valence-corrected chi connectivity index (χ3v) is 2.69. The van der Waals surface area contributed by atoms with Gasteiger partial charge in [-0.25, -0.2) is 28.1 Å². The zero-order valence-electron chi connectivity index (χ0n) is 12.8. The van der Waals surface area contributed by atoms with Crippen molar-refractivity contribution in [2.24, 2.45) is 0 Å². The molecule has 0 atom stereocenters. The molecule has 0 aliphatic rings. The Balaban J connectivity index is 0.000000464. The Kier molecular flexibility index (Phi) is 8.68. The van der Waals surface area contributed by atoms with Crippen LogP contribution in [0.15, 0.2) is 36.4 Å². The summed E-state index contributed by atoms with van der Waals surface area (Å²) in [6.45, 7) is 13.2. The Labute approximate surface area is 148 Å². The molecule has 0 unspecified atom stereocenters. The van der Waals surface area contributed by atoms with Gasteiger partial charge in [-0.05, 0) is 36.4 Å². The largest absolute Gasteiger partial charge is 0.478 e. The standard InChI is InChI=1S/C9H6FNO2.C8H4FNO2.CH4/c1-11-8-4-6(9(12)13-2)3-7(10)5-8;1-10-7-3-5(8(11)12)2-6(9)4-7;/h3-5H,2H3;2-4H,(H,11,12);1H4. The van der Waals surface area contributed by atoms with Gasteiger partial charge in [0.25, 0.3) is 0 Å². The molecule has 0 spiro atoms. The average molecular weight is 360 g/mol. The first-order valence-electron chi connectivity index (χ1n) is 6.48. The van der Waals surface area contributed by atoms with Crippen LogP contribution in [0, 0.1) is 24.8 Å². The molecule has 0 amide bonds. The minimum absolute atomic E-state index is 0. The monoisotopic (exact) mass is 360 g/mol. The zero-order chi connectivity index (χ0) is 19.0. The lowest BCUT2D eigenvalue weighted by Crippen LogP contribution is -2.00. The first-order valence-corrected chi connectivity index (χ1v) is 6.48. The number of nitrogens with zero attached hydrogens (tertiary/aromatic N) is 2. The van der Waals surface area contributed by atoms with Crippen LogP contribution in [-0.2, 0) is 4.74 Å². The topological polar surface area (TPSA) is 72.3 Å². The summed E-state index contributed by atoms with van der Waals surface area (Å²) in [7, 11) is 1.20. The third-order valence-electron chi connectivity index (χ3n) is 2.69. The van der Waals surface area contributed by atoms with Crippen LogP contribution in [-0.4, -0.2) is 24.2 Å². The summed E-state index contributed by atoms with van der Waals surface area (Å²) >= 11 is 0. The fraction of sp³-hybridized carbons (Fsp3) is 0.111. The molecule has 0 bridgehead atoms. The van der Waals surface area contributed by atoms with Crippen molar-refractivity contribution in [2.45, 2.75) is 7.43 Å². The first-order chi connectivity index (χ1) is 11.8. The maximum Gasteiger partial charge on any atom is 0.336 e. The summed E-state index contributed by atoms with van der Waals surface area (Å²) in [5.41, 5.74) is -0.0812. The quantitative estimate of drug-likeness (QED) is 0.612. The van der Waals surface area contributed by atoms with Crippen LogP contribution in [0.3, 0.4) is 0 Å². The van der Waals surface area contributed by atoms with E-state index in [-0.39, 0.29) is 29.9 Å². The number of esters is 1. The van der Waals surface area contributed by atoms with Gasteiger partial charge in [-0.3, -0.25) is 0 Å². The number of carboxylic acids is 1. The average Bonchev–Trinajstić information content (AvgIpc) is 2.60. The van der Waals surface area contributed by atoms with Gasteiger partial charge in [-0.2, -0.15) is 0 Å². The van der Waals surface area contributed by atoms with E-state index >= 15 is 0 Å². The van der Waals surface area contributed by atoms with Gasteiger partial charge in [0.15, 0.2) is 11.4 Å². The third kappa shape index (κ3) is 6.38. The van der Waals surface area contributed by atoms with Crippen molar-refractivity contribution >= 4 is 23.3 Å². The molecule has 2 aromatic carbocycles. The number of carboxylic acid groups (broad SMARTS) is 1. The van der Waals surface area contributed by atoms with E-state index in [1.807, 2.05) is 0 Å². The lowest BCUT2D eigenvalue weighted by Gasteiger charge is -1.99. The SMILES string of the molecule is C.[C-]#[N+]c1cc(F)cc(C(=O)O)c1.[C-]#[N+]c1cc(F)cc(C(=O)OC)c1. The number of aromatic carboxylic acids is 1. The Hall–Kier alpha value is -3.78. The van der Waals surface area contributed by atoms with Crippen LogP contribution in [0.2, 0.25) is 0 Å². The number of rotatable bonds is 2. The molecular formula is C18H14F2N2O4. The highest BCUT2D eigenvalue weighted by atomic mass is 19.1. The van der Waals surface area contributed by atoms with Gasteiger partial charge in [-0.1, -0.05) is 7.43 Å². The molecule has 0 radical (unpaired) electrons. The second-order valence-electron chi connectivity index (χ2n) is 4.42. The Morgan fingerprint density at radius 1 is 0.923 bits per heavy atom. The molecule has 0 aliphatic heterocycles. The van der Waals surface area contributed by atoms with E-state index < -0.39 is 23.6 Å². The van der Waals surface area contributed by atoms with Gasteiger partial charge < -0.3 is 9.84 Å². The Bertz CT molecular complexity index is 899. The molecule has 2 rings (SSSR count). The molecule has 26 heavy (non-hydrogen) atoms. The van der Waals surface area contributed by atoms with E-state index in [9.17, 15) is 18.4 Å². The highest BCUT2D eigenvalue weighted by Crippen LogP contribution is 2.17. The molecule has 2 aromatic rings. The smallest absolute Gasteiger partial charge is 0.336 e. The fourth-order valence-corrected chi connectivity index (χ4v) is 1.64. The van der Waals surface area contributed by atoms with Crippen LogP contribution in [0.25, 0.3) is 9.69 Å². The summed E-state index contributed by atoms with van der Waals surface area (Å²) < 4.78 is 29.7. The number of halogens is 2. The fourth-order valence-electron chi connectivity index (χ4n) is 1.64. The lowest BCUT2D eigenvalue weighted by atomic mass is 10.2. The summed E-state index contributed by atoms with van der Waals surface area (Å²) in [4.78, 5) is 27.2. The predicted molar refractivity (Wildman–Crippen MR) is 90.4 cm³/mol. The van der Waals surface area contributed by atoms with Crippen molar-refractivity contribution in [1.82, 2.24) is 0 Å². The Morgan fingerprint density at radius 3 is 1.73 bits per heavy atom. The molecule has 0 aliphatic carbocycles. The number of hydrogen-bond acceptors (Lipinski definition) is 3. The predicted octanol–water partition coefficient (Wildman–Crippen LogP) is 4.87. The van der Waals surface area contributed by atoms with Crippen molar-refractivity contribution in [3.8, 4) is 0 Å². The zero-order valence-corrected chi connectivity index (χ0v) is 12.8. The van der Waals surface area contributed by atoms with Gasteiger partial charge in [0.05, 0.1) is 31.4 Å². The van der Waals surface area contributed by atoms with Crippen LogP contribution in [0.5, 0.6) is 0 Å². The van der Waals surface area contributed by atoms with Crippen molar-refractivity contribution < 1.29 is 28.2 Å². The summed E-state index contributed by atoms with van der Waals surface area (Å²) in [5.74, 6) is -3.21. The molecule has 6 nitrogen and oxygen atoms in total. The van der Waals surface area contributed by atoms with Crippen molar-refractivity contribution in [3.63, 3.8) is 0 Å². The minimum Gasteiger partial charge on any atom is -0.478 e. The van der Waals surface area contributed by atoms with Gasteiger partial charge >= 0.3 is 11.9 Å². The molecule has 134 valence electrons. The molecule has 0 saturated heterocycles. The molecule has 0 heterocycles. The number of methoxy groups -OCH3 is 1. The number of ether oxygens (including phenoxy) is 1. The highest BCUT2D eigenvalue weighted by molar-refractivity contribution is 5.90. The Morgan fingerprint density at radius 2 is 1.35 bits per heavy atom. The number of hydrogen-bond donors (Lipinski definition) is 1. The van der Waals surface area contributed by atoms with Gasteiger partial charge in [0.2, 0.25) is 0 Å². The van der Waals surface area contributed by atoms with Crippen molar-refractivity contribution in [3.05, 3.63) is 82.0 Å². The van der Waals surface area contributed by atoms with Gasteiger partial charge in [0, 0.05) is 0 Å². The second-order valence-corrected chi connectivity index (χ2v) is 4.42. The van der Waals surface area contributed by atoms with E-state index in [0.29, 0.717) is 0 Å². The van der Waals surface area contributed by atoms with Crippen molar-refractivity contribution in [1.29, 1.82) is 0 Å². The van der Waals surface area contributed by atoms with Crippen LogP contribution >= 0.6 is 0 Å². The van der Waals surface area contributed by atoms with E-state index in [4.69, 9.17) is 18.3 Å². The van der Waals surface area contributed by atoms with Crippen LogP contribution < -0.4 is 0 Å². The maximum absolute atomic E-state index is 12.8. The van der Waals surface area contributed by atoms with Crippen LogP contribution in [0.4, 0.5) is 20.2 Å². The summed E-state index contributed by atoms with van der Waals surface area (Å²) in [5, 5.41) is 8.46. The molecule has 0 aromatic heterocycles. The number of carbonyl (C=O) groups is 2. The maximum atomic E-state index is 12.8. The number of carbonyl (C=O) groups excluding carboxylic acids is 1. The molecule has 0 saturated carbocycles. The molecule has 8 heteroatoms. The second kappa shape index (κ2) is 10.2.